The number of amides is 1. The molecular formula is C15H21ClN2O2. The van der Waals surface area contributed by atoms with Crippen LogP contribution in [0.4, 0.5) is 0 Å². The number of rotatable bonds is 5. The van der Waals surface area contributed by atoms with E-state index in [4.69, 9.17) is 16.3 Å². The van der Waals surface area contributed by atoms with Crippen molar-refractivity contribution in [3.05, 3.63) is 28.8 Å². The minimum absolute atomic E-state index is 0.0126. The highest BCUT2D eigenvalue weighted by Gasteiger charge is 2.24. The van der Waals surface area contributed by atoms with Gasteiger partial charge in [-0.25, -0.2) is 0 Å². The van der Waals surface area contributed by atoms with Crippen molar-refractivity contribution in [1.29, 1.82) is 0 Å². The van der Waals surface area contributed by atoms with Gasteiger partial charge in [-0.15, -0.1) is 0 Å². The molecule has 0 saturated heterocycles. The molecule has 2 rings (SSSR count). The molecule has 2 atom stereocenters. The summed E-state index contributed by atoms with van der Waals surface area (Å²) >= 11 is 5.96. The van der Waals surface area contributed by atoms with E-state index >= 15 is 0 Å². The average molecular weight is 297 g/mol. The Bertz CT molecular complexity index is 491. The van der Waals surface area contributed by atoms with Crippen LogP contribution in [0, 0.1) is 0 Å². The number of carbonyl (C=O) groups is 1. The lowest BCUT2D eigenvalue weighted by Gasteiger charge is -2.18. The van der Waals surface area contributed by atoms with Gasteiger partial charge in [0.1, 0.15) is 11.9 Å². The molecule has 0 aliphatic carbocycles. The summed E-state index contributed by atoms with van der Waals surface area (Å²) in [5.41, 5.74) is 1.13. The molecular weight excluding hydrogens is 276 g/mol. The zero-order valence-corrected chi connectivity index (χ0v) is 12.8. The summed E-state index contributed by atoms with van der Waals surface area (Å²) in [6.45, 7) is 6.39. The third-order valence-corrected chi connectivity index (χ3v) is 3.47. The van der Waals surface area contributed by atoms with E-state index in [0.717, 1.165) is 22.8 Å². The Hall–Kier alpha value is -1.26. The molecule has 1 amide bonds. The van der Waals surface area contributed by atoms with Crippen molar-refractivity contribution < 1.29 is 9.53 Å². The molecule has 1 aromatic carbocycles. The van der Waals surface area contributed by atoms with Crippen molar-refractivity contribution in [2.24, 2.45) is 0 Å². The largest absolute Gasteiger partial charge is 0.488 e. The van der Waals surface area contributed by atoms with Crippen LogP contribution in [0.25, 0.3) is 0 Å². The van der Waals surface area contributed by atoms with Crippen LogP contribution in [-0.2, 0) is 11.2 Å². The molecule has 4 nitrogen and oxygen atoms in total. The smallest absolute Gasteiger partial charge is 0.237 e. The maximum atomic E-state index is 11.8. The van der Waals surface area contributed by atoms with Crippen LogP contribution in [0.1, 0.15) is 26.3 Å². The fraction of sp³-hybridized carbons (Fsp3) is 0.533. The van der Waals surface area contributed by atoms with E-state index in [9.17, 15) is 4.79 Å². The number of ether oxygens (including phenoxy) is 1. The Morgan fingerprint density at radius 1 is 1.45 bits per heavy atom. The molecule has 0 radical (unpaired) electrons. The number of hydrogen-bond donors (Lipinski definition) is 2. The molecule has 2 N–H and O–H groups in total. The highest BCUT2D eigenvalue weighted by atomic mass is 35.5. The molecule has 1 aliphatic heterocycles. The Morgan fingerprint density at radius 2 is 2.20 bits per heavy atom. The van der Waals surface area contributed by atoms with Crippen LogP contribution in [0.5, 0.6) is 5.75 Å². The van der Waals surface area contributed by atoms with Gasteiger partial charge in [0.05, 0.1) is 6.04 Å². The molecule has 1 aliphatic rings. The molecule has 1 aromatic rings. The first-order valence-electron chi connectivity index (χ1n) is 6.94. The lowest BCUT2D eigenvalue weighted by Crippen LogP contribution is -2.47. The van der Waals surface area contributed by atoms with Gasteiger partial charge < -0.3 is 15.4 Å². The van der Waals surface area contributed by atoms with Crippen molar-refractivity contribution in [2.45, 2.75) is 45.4 Å². The Kier molecular flexibility index (Phi) is 4.89. The van der Waals surface area contributed by atoms with Gasteiger partial charge in [0.2, 0.25) is 5.91 Å². The fourth-order valence-corrected chi connectivity index (χ4v) is 2.41. The summed E-state index contributed by atoms with van der Waals surface area (Å²) in [4.78, 5) is 11.8. The lowest BCUT2D eigenvalue weighted by molar-refractivity contribution is -0.123. The quantitative estimate of drug-likeness (QED) is 0.875. The van der Waals surface area contributed by atoms with E-state index in [1.54, 1.807) is 0 Å². The third-order valence-electron chi connectivity index (χ3n) is 3.24. The van der Waals surface area contributed by atoms with Crippen LogP contribution in [-0.4, -0.2) is 30.6 Å². The second-order valence-corrected chi connectivity index (χ2v) is 5.93. The van der Waals surface area contributed by atoms with E-state index in [0.29, 0.717) is 6.54 Å². The normalized spacial score (nSPS) is 18.6. The molecule has 1 heterocycles. The van der Waals surface area contributed by atoms with Crippen LogP contribution >= 0.6 is 11.6 Å². The van der Waals surface area contributed by atoms with Crippen LogP contribution in [0.15, 0.2) is 18.2 Å². The minimum atomic E-state index is -0.228. The number of fused-ring (bicyclic) bond motifs is 1. The maximum Gasteiger partial charge on any atom is 0.237 e. The van der Waals surface area contributed by atoms with E-state index in [1.807, 2.05) is 39.0 Å². The topological polar surface area (TPSA) is 50.4 Å². The summed E-state index contributed by atoms with van der Waals surface area (Å²) < 4.78 is 5.82. The lowest BCUT2D eigenvalue weighted by atomic mass is 10.1. The number of carbonyl (C=O) groups excluding carboxylic acids is 1. The van der Waals surface area contributed by atoms with Crippen molar-refractivity contribution in [3.8, 4) is 5.75 Å². The third kappa shape index (κ3) is 3.87. The van der Waals surface area contributed by atoms with Crippen LogP contribution in [0.2, 0.25) is 5.02 Å². The fourth-order valence-electron chi connectivity index (χ4n) is 2.21. The van der Waals surface area contributed by atoms with E-state index in [2.05, 4.69) is 10.6 Å². The van der Waals surface area contributed by atoms with Gasteiger partial charge in [-0.05, 0) is 44.5 Å². The van der Waals surface area contributed by atoms with Gasteiger partial charge >= 0.3 is 0 Å². The van der Waals surface area contributed by atoms with Gasteiger partial charge in [-0.3, -0.25) is 4.79 Å². The van der Waals surface area contributed by atoms with Gasteiger partial charge in [-0.1, -0.05) is 11.6 Å². The molecule has 2 unspecified atom stereocenters. The molecule has 0 fully saturated rings. The SMILES string of the molecule is CC(C)NC(=O)C(C)NCC1Cc2cc(Cl)ccc2O1. The first kappa shape index (κ1) is 15.1. The Morgan fingerprint density at radius 3 is 2.90 bits per heavy atom. The predicted octanol–water partition coefficient (Wildman–Crippen LogP) is 2.15. The summed E-state index contributed by atoms with van der Waals surface area (Å²) in [5, 5.41) is 6.82. The molecule has 0 spiro atoms. The number of halogens is 1. The first-order valence-corrected chi connectivity index (χ1v) is 7.32. The van der Waals surface area contributed by atoms with Gasteiger partial charge in [0.15, 0.2) is 0 Å². The van der Waals surface area contributed by atoms with E-state index in [-0.39, 0.29) is 24.1 Å². The monoisotopic (exact) mass is 296 g/mol. The van der Waals surface area contributed by atoms with E-state index in [1.165, 1.54) is 0 Å². The second kappa shape index (κ2) is 6.46. The zero-order valence-electron chi connectivity index (χ0n) is 12.1. The number of nitrogens with one attached hydrogen (secondary N) is 2. The van der Waals surface area contributed by atoms with Gasteiger partial charge in [-0.2, -0.15) is 0 Å². The Balaban J connectivity index is 1.81. The average Bonchev–Trinajstić information content (AvgIpc) is 2.76. The van der Waals surface area contributed by atoms with Crippen molar-refractivity contribution in [1.82, 2.24) is 10.6 Å². The molecule has 0 aromatic heterocycles. The predicted molar refractivity (Wildman–Crippen MR) is 80.3 cm³/mol. The number of benzene rings is 1. The molecule has 110 valence electrons. The van der Waals surface area contributed by atoms with Gasteiger partial charge in [0, 0.05) is 24.0 Å². The Labute approximate surface area is 124 Å². The summed E-state index contributed by atoms with van der Waals surface area (Å²) in [7, 11) is 0. The molecule has 0 saturated carbocycles. The van der Waals surface area contributed by atoms with Crippen LogP contribution < -0.4 is 15.4 Å². The second-order valence-electron chi connectivity index (χ2n) is 5.49. The standard InChI is InChI=1S/C15H21ClN2O2/c1-9(2)18-15(19)10(3)17-8-13-7-11-6-12(16)4-5-14(11)20-13/h4-6,9-10,13,17H,7-8H2,1-3H3,(H,18,19). The molecule has 20 heavy (non-hydrogen) atoms. The molecule has 5 heteroatoms. The van der Waals surface area contributed by atoms with E-state index < -0.39 is 0 Å². The van der Waals surface area contributed by atoms with Crippen LogP contribution in [0.3, 0.4) is 0 Å². The maximum absolute atomic E-state index is 11.8. The number of hydrogen-bond acceptors (Lipinski definition) is 3. The molecule has 0 bridgehead atoms. The minimum Gasteiger partial charge on any atom is -0.488 e. The summed E-state index contributed by atoms with van der Waals surface area (Å²) in [6, 6.07) is 5.59. The van der Waals surface area contributed by atoms with Crippen molar-refractivity contribution in [2.75, 3.05) is 6.54 Å². The highest BCUT2D eigenvalue weighted by molar-refractivity contribution is 6.30. The van der Waals surface area contributed by atoms with Crippen molar-refractivity contribution >= 4 is 17.5 Å². The summed E-state index contributed by atoms with van der Waals surface area (Å²) in [5.74, 6) is 0.902. The zero-order chi connectivity index (χ0) is 14.7. The van der Waals surface area contributed by atoms with Gasteiger partial charge in [0.25, 0.3) is 0 Å². The van der Waals surface area contributed by atoms with Crippen molar-refractivity contribution in [3.63, 3.8) is 0 Å². The highest BCUT2D eigenvalue weighted by Crippen LogP contribution is 2.30. The first-order chi connectivity index (χ1) is 9.45. The summed E-state index contributed by atoms with van der Waals surface area (Å²) in [6.07, 6.45) is 0.874.